The molecule has 1 rings (SSSR count). The number of carbonyl (C=O) groups is 1. The zero-order chi connectivity index (χ0) is 8.97. The Labute approximate surface area is 75.5 Å². The lowest BCUT2D eigenvalue weighted by molar-refractivity contribution is -0.118. The van der Waals surface area contributed by atoms with Gasteiger partial charge in [0, 0.05) is 6.42 Å². The molecular formula is C11H20O. The second-order valence-electron chi connectivity index (χ2n) is 4.40. The van der Waals surface area contributed by atoms with E-state index in [1.807, 2.05) is 0 Å². The van der Waals surface area contributed by atoms with Gasteiger partial charge in [0.1, 0.15) is 5.78 Å². The van der Waals surface area contributed by atoms with Crippen LogP contribution >= 0.6 is 0 Å². The van der Waals surface area contributed by atoms with Gasteiger partial charge in [-0.25, -0.2) is 0 Å². The first-order valence-electron chi connectivity index (χ1n) is 5.18. The molecule has 0 bridgehead atoms. The molecule has 0 aliphatic heterocycles. The SMILES string of the molecule is CC(=O)C[C@@H]1CCCC[C@H](C)C1. The normalized spacial score (nSPS) is 31.2. The van der Waals surface area contributed by atoms with Crippen LogP contribution in [0.2, 0.25) is 0 Å². The molecule has 0 saturated heterocycles. The van der Waals surface area contributed by atoms with Crippen LogP contribution in [0.25, 0.3) is 0 Å². The monoisotopic (exact) mass is 168 g/mol. The van der Waals surface area contributed by atoms with Gasteiger partial charge in [0.05, 0.1) is 0 Å². The molecule has 0 amide bonds. The molecule has 0 aromatic rings. The Kier molecular flexibility index (Phi) is 3.77. The molecule has 0 aromatic heterocycles. The average Bonchev–Trinajstić information content (AvgIpc) is 2.12. The molecule has 0 heterocycles. The summed E-state index contributed by atoms with van der Waals surface area (Å²) in [5.41, 5.74) is 0. The van der Waals surface area contributed by atoms with Crippen molar-refractivity contribution in [3.63, 3.8) is 0 Å². The van der Waals surface area contributed by atoms with Gasteiger partial charge in [0.15, 0.2) is 0 Å². The van der Waals surface area contributed by atoms with E-state index in [4.69, 9.17) is 0 Å². The van der Waals surface area contributed by atoms with Crippen LogP contribution in [0.15, 0.2) is 0 Å². The van der Waals surface area contributed by atoms with Crippen LogP contribution in [0.3, 0.4) is 0 Å². The largest absolute Gasteiger partial charge is 0.300 e. The van der Waals surface area contributed by atoms with E-state index in [-0.39, 0.29) is 0 Å². The molecule has 2 atom stereocenters. The zero-order valence-electron chi connectivity index (χ0n) is 8.31. The van der Waals surface area contributed by atoms with Crippen molar-refractivity contribution in [3.05, 3.63) is 0 Å². The van der Waals surface area contributed by atoms with Crippen LogP contribution in [0.1, 0.15) is 52.4 Å². The number of Topliss-reactive ketones (excluding diaryl/α,β-unsaturated/α-hetero) is 1. The third-order valence-electron chi connectivity index (χ3n) is 2.87. The van der Waals surface area contributed by atoms with Gasteiger partial charge in [-0.2, -0.15) is 0 Å². The quantitative estimate of drug-likeness (QED) is 0.579. The molecule has 70 valence electrons. The van der Waals surface area contributed by atoms with Crippen LogP contribution in [0.5, 0.6) is 0 Å². The van der Waals surface area contributed by atoms with Crippen molar-refractivity contribution < 1.29 is 4.79 Å². The zero-order valence-corrected chi connectivity index (χ0v) is 8.31. The van der Waals surface area contributed by atoms with E-state index < -0.39 is 0 Å². The summed E-state index contributed by atoms with van der Waals surface area (Å²) in [6.45, 7) is 4.04. The second kappa shape index (κ2) is 4.64. The first kappa shape index (κ1) is 9.76. The first-order valence-corrected chi connectivity index (χ1v) is 5.18. The maximum absolute atomic E-state index is 10.9. The molecule has 0 aromatic carbocycles. The van der Waals surface area contributed by atoms with Crippen molar-refractivity contribution in [2.75, 3.05) is 0 Å². The van der Waals surface area contributed by atoms with E-state index in [1.165, 1.54) is 32.1 Å². The molecular weight excluding hydrogens is 148 g/mol. The highest BCUT2D eigenvalue weighted by atomic mass is 16.1. The summed E-state index contributed by atoms with van der Waals surface area (Å²) in [4.78, 5) is 10.9. The molecule has 1 aliphatic carbocycles. The molecule has 0 N–H and O–H groups in total. The van der Waals surface area contributed by atoms with E-state index >= 15 is 0 Å². The van der Waals surface area contributed by atoms with Gasteiger partial charge in [-0.3, -0.25) is 0 Å². The summed E-state index contributed by atoms with van der Waals surface area (Å²) in [6.07, 6.45) is 7.46. The minimum atomic E-state index is 0.370. The van der Waals surface area contributed by atoms with Crippen molar-refractivity contribution >= 4 is 5.78 Å². The summed E-state index contributed by atoms with van der Waals surface area (Å²) in [5.74, 6) is 1.91. The molecule has 1 nitrogen and oxygen atoms in total. The Morgan fingerprint density at radius 3 is 2.67 bits per heavy atom. The van der Waals surface area contributed by atoms with Gasteiger partial charge >= 0.3 is 0 Å². The summed E-state index contributed by atoms with van der Waals surface area (Å²) in [6, 6.07) is 0. The summed E-state index contributed by atoms with van der Waals surface area (Å²) < 4.78 is 0. The number of carbonyl (C=O) groups excluding carboxylic acids is 1. The fraction of sp³-hybridized carbons (Fsp3) is 0.909. The highest BCUT2D eigenvalue weighted by Gasteiger charge is 2.17. The lowest BCUT2D eigenvalue weighted by atomic mass is 9.91. The third-order valence-corrected chi connectivity index (χ3v) is 2.87. The molecule has 1 fully saturated rings. The minimum Gasteiger partial charge on any atom is -0.300 e. The number of ketones is 1. The van der Waals surface area contributed by atoms with E-state index in [0.717, 1.165) is 12.3 Å². The van der Waals surface area contributed by atoms with Crippen LogP contribution in [0.4, 0.5) is 0 Å². The van der Waals surface area contributed by atoms with Gasteiger partial charge in [0.2, 0.25) is 0 Å². The second-order valence-corrected chi connectivity index (χ2v) is 4.40. The Morgan fingerprint density at radius 2 is 2.00 bits per heavy atom. The van der Waals surface area contributed by atoms with E-state index in [0.29, 0.717) is 11.7 Å². The number of rotatable bonds is 2. The number of hydrogen-bond donors (Lipinski definition) is 0. The van der Waals surface area contributed by atoms with Crippen LogP contribution in [-0.2, 0) is 4.79 Å². The lowest BCUT2D eigenvalue weighted by Crippen LogP contribution is -2.07. The van der Waals surface area contributed by atoms with Crippen molar-refractivity contribution in [1.82, 2.24) is 0 Å². The highest BCUT2D eigenvalue weighted by molar-refractivity contribution is 5.75. The highest BCUT2D eigenvalue weighted by Crippen LogP contribution is 2.29. The van der Waals surface area contributed by atoms with Crippen molar-refractivity contribution in [2.45, 2.75) is 52.4 Å². The molecule has 1 heteroatoms. The molecule has 0 radical (unpaired) electrons. The maximum Gasteiger partial charge on any atom is 0.130 e. The van der Waals surface area contributed by atoms with Crippen LogP contribution in [-0.4, -0.2) is 5.78 Å². The fourth-order valence-corrected chi connectivity index (χ4v) is 2.32. The van der Waals surface area contributed by atoms with Crippen molar-refractivity contribution in [2.24, 2.45) is 11.8 Å². The molecule has 0 unspecified atom stereocenters. The van der Waals surface area contributed by atoms with Gasteiger partial charge in [0.25, 0.3) is 0 Å². The predicted octanol–water partition coefficient (Wildman–Crippen LogP) is 3.18. The van der Waals surface area contributed by atoms with Gasteiger partial charge in [-0.05, 0) is 25.2 Å². The summed E-state index contributed by atoms with van der Waals surface area (Å²) in [7, 11) is 0. The van der Waals surface area contributed by atoms with Crippen molar-refractivity contribution in [1.29, 1.82) is 0 Å². The average molecular weight is 168 g/mol. The smallest absolute Gasteiger partial charge is 0.130 e. The topological polar surface area (TPSA) is 17.1 Å². The molecule has 1 saturated carbocycles. The van der Waals surface area contributed by atoms with Gasteiger partial charge < -0.3 is 4.79 Å². The predicted molar refractivity (Wildman–Crippen MR) is 51.0 cm³/mol. The Bertz CT molecular complexity index is 151. The molecule has 12 heavy (non-hydrogen) atoms. The fourth-order valence-electron chi connectivity index (χ4n) is 2.32. The Hall–Kier alpha value is -0.330. The Morgan fingerprint density at radius 1 is 1.33 bits per heavy atom. The van der Waals surface area contributed by atoms with Gasteiger partial charge in [-0.15, -0.1) is 0 Å². The maximum atomic E-state index is 10.9. The van der Waals surface area contributed by atoms with Crippen LogP contribution < -0.4 is 0 Å². The van der Waals surface area contributed by atoms with Crippen LogP contribution in [0, 0.1) is 11.8 Å². The first-order chi connectivity index (χ1) is 5.68. The molecule has 0 spiro atoms. The summed E-state index contributed by atoms with van der Waals surface area (Å²) in [5, 5.41) is 0. The van der Waals surface area contributed by atoms with Gasteiger partial charge in [-0.1, -0.05) is 32.6 Å². The lowest BCUT2D eigenvalue weighted by Gasteiger charge is -2.14. The van der Waals surface area contributed by atoms with Crippen molar-refractivity contribution in [3.8, 4) is 0 Å². The van der Waals surface area contributed by atoms with E-state index in [1.54, 1.807) is 6.92 Å². The minimum absolute atomic E-state index is 0.370. The summed E-state index contributed by atoms with van der Waals surface area (Å²) >= 11 is 0. The van der Waals surface area contributed by atoms with E-state index in [2.05, 4.69) is 6.92 Å². The van der Waals surface area contributed by atoms with E-state index in [9.17, 15) is 4.79 Å². The number of hydrogen-bond acceptors (Lipinski definition) is 1. The Balaban J connectivity index is 2.35. The molecule has 1 aliphatic rings. The standard InChI is InChI=1S/C11H20O/c1-9-5-3-4-6-11(7-9)8-10(2)12/h9,11H,3-8H2,1-2H3/t9-,11+/m0/s1. The third kappa shape index (κ3) is 3.38.